The number of nitrogens with zero attached hydrogens (tertiary/aromatic N) is 3. The van der Waals surface area contributed by atoms with Crippen molar-refractivity contribution in [1.82, 2.24) is 14.9 Å². The molecule has 7 nitrogen and oxygen atoms in total. The molecular weight excluding hydrogens is 380 g/mol. The van der Waals surface area contributed by atoms with Crippen LogP contribution in [0.1, 0.15) is 50.3 Å². The van der Waals surface area contributed by atoms with Crippen LogP contribution in [0.4, 0.5) is 4.79 Å². The predicted octanol–water partition coefficient (Wildman–Crippen LogP) is 2.74. The molecule has 1 aliphatic heterocycles. The second-order valence-electron chi connectivity index (χ2n) is 9.15. The fraction of sp³-hybridized carbons (Fsp3) is 0.700. The number of carbonyl (C=O) groups excluding carboxylic acids is 2. The van der Waals surface area contributed by atoms with Crippen molar-refractivity contribution < 1.29 is 14.3 Å². The number of amides is 2. The Morgan fingerprint density at radius 1 is 1.18 bits per heavy atom. The number of ether oxygens (including phenoxy) is 1. The van der Waals surface area contributed by atoms with Crippen molar-refractivity contribution in [3.05, 3.63) is 23.2 Å². The van der Waals surface area contributed by atoms with Gasteiger partial charge in [-0.25, -0.2) is 14.8 Å². The lowest BCUT2D eigenvalue weighted by Crippen LogP contribution is -2.59. The minimum absolute atomic E-state index is 0.0812. The zero-order valence-electron chi connectivity index (χ0n) is 15.7. The van der Waals surface area contributed by atoms with Crippen LogP contribution >= 0.6 is 11.6 Å². The zero-order valence-corrected chi connectivity index (χ0v) is 16.5. The smallest absolute Gasteiger partial charge is 0.410 e. The Balaban J connectivity index is 1.23. The molecule has 28 heavy (non-hydrogen) atoms. The molecule has 1 saturated heterocycles. The lowest BCUT2D eigenvalue weighted by atomic mass is 9.48. The van der Waals surface area contributed by atoms with Crippen LogP contribution in [0.2, 0.25) is 5.02 Å². The predicted molar refractivity (Wildman–Crippen MR) is 101 cm³/mol. The van der Waals surface area contributed by atoms with Gasteiger partial charge >= 0.3 is 6.09 Å². The summed E-state index contributed by atoms with van der Waals surface area (Å²) < 4.78 is 6.01. The van der Waals surface area contributed by atoms with Crippen molar-refractivity contribution in [2.45, 2.75) is 50.5 Å². The summed E-state index contributed by atoms with van der Waals surface area (Å²) in [7, 11) is 0. The van der Waals surface area contributed by atoms with Crippen LogP contribution in [0.25, 0.3) is 0 Å². The fourth-order valence-electron chi connectivity index (χ4n) is 6.33. The van der Waals surface area contributed by atoms with Crippen LogP contribution in [-0.4, -0.2) is 46.1 Å². The van der Waals surface area contributed by atoms with E-state index in [2.05, 4.69) is 9.97 Å². The van der Waals surface area contributed by atoms with Gasteiger partial charge < -0.3 is 15.4 Å². The van der Waals surface area contributed by atoms with Gasteiger partial charge in [0, 0.05) is 31.4 Å². The van der Waals surface area contributed by atoms with Gasteiger partial charge in [-0.1, -0.05) is 11.6 Å². The van der Waals surface area contributed by atoms with Crippen molar-refractivity contribution in [3.63, 3.8) is 0 Å². The van der Waals surface area contributed by atoms with E-state index in [1.807, 2.05) is 0 Å². The normalized spacial score (nSPS) is 38.6. The lowest BCUT2D eigenvalue weighted by Gasteiger charge is -2.58. The molecule has 4 aliphatic carbocycles. The van der Waals surface area contributed by atoms with Gasteiger partial charge in [0.05, 0.1) is 10.4 Å². The van der Waals surface area contributed by atoms with Crippen LogP contribution in [0.3, 0.4) is 0 Å². The summed E-state index contributed by atoms with van der Waals surface area (Å²) in [5.74, 6) is 1.75. The topological polar surface area (TPSA) is 98.4 Å². The van der Waals surface area contributed by atoms with Crippen molar-refractivity contribution in [2.75, 3.05) is 13.1 Å². The Labute approximate surface area is 169 Å². The van der Waals surface area contributed by atoms with Crippen LogP contribution in [-0.2, 0) is 9.53 Å². The summed E-state index contributed by atoms with van der Waals surface area (Å²) >= 11 is 5.86. The Morgan fingerprint density at radius 3 is 2.50 bits per heavy atom. The molecule has 0 aromatic carbocycles. The van der Waals surface area contributed by atoms with Crippen LogP contribution < -0.4 is 5.73 Å². The number of aromatic nitrogens is 2. The zero-order chi connectivity index (χ0) is 19.5. The van der Waals surface area contributed by atoms with Gasteiger partial charge in [-0.3, -0.25) is 4.79 Å². The number of hydrogen-bond donors (Lipinski definition) is 1. The van der Waals surface area contributed by atoms with E-state index < -0.39 is 0 Å². The lowest BCUT2D eigenvalue weighted by molar-refractivity contribution is -0.161. The number of rotatable bonds is 3. The van der Waals surface area contributed by atoms with Gasteiger partial charge in [-0.05, 0) is 56.3 Å². The van der Waals surface area contributed by atoms with Crippen LogP contribution in [0.15, 0.2) is 12.4 Å². The van der Waals surface area contributed by atoms with Gasteiger partial charge in [0.1, 0.15) is 11.9 Å². The molecule has 1 aromatic rings. The molecule has 3 unspecified atom stereocenters. The van der Waals surface area contributed by atoms with Gasteiger partial charge in [0.25, 0.3) is 0 Å². The fourth-order valence-corrected chi connectivity index (χ4v) is 6.43. The highest BCUT2D eigenvalue weighted by molar-refractivity contribution is 6.30. The third-order valence-electron chi connectivity index (χ3n) is 7.40. The SMILES string of the molecule is NC(=O)[C@]12CC3CC(C1)[C@@H](OC(=O)N1CCC(c4ncc(Cl)cn4)C1)[C@@H](C3)C2. The molecule has 2 amide bonds. The highest BCUT2D eigenvalue weighted by Gasteiger charge is 2.59. The van der Waals surface area contributed by atoms with E-state index in [1.165, 1.54) is 0 Å². The minimum atomic E-state index is -0.357. The molecule has 8 heteroatoms. The third-order valence-corrected chi connectivity index (χ3v) is 7.59. The first-order valence-electron chi connectivity index (χ1n) is 10.2. The van der Waals surface area contributed by atoms with E-state index in [9.17, 15) is 9.59 Å². The molecule has 6 atom stereocenters. The summed E-state index contributed by atoms with van der Waals surface area (Å²) in [6.45, 7) is 1.21. The Kier molecular flexibility index (Phi) is 4.27. The maximum atomic E-state index is 12.8. The maximum absolute atomic E-state index is 12.8. The quantitative estimate of drug-likeness (QED) is 0.835. The minimum Gasteiger partial charge on any atom is -0.446 e. The van der Waals surface area contributed by atoms with E-state index >= 15 is 0 Å². The Bertz CT molecular complexity index is 785. The van der Waals surface area contributed by atoms with Gasteiger partial charge in [0.15, 0.2) is 0 Å². The molecule has 4 bridgehead atoms. The molecule has 6 rings (SSSR count). The Morgan fingerprint density at radius 2 is 1.86 bits per heavy atom. The molecular formula is C20H25ClN4O3. The van der Waals surface area contributed by atoms with Crippen LogP contribution in [0.5, 0.6) is 0 Å². The second-order valence-corrected chi connectivity index (χ2v) is 9.59. The molecule has 150 valence electrons. The standard InChI is InChI=1S/C20H25ClN4O3/c21-15-8-23-17(24-9-15)12-1-2-25(10-12)19(27)28-16-13-3-11-4-14(16)7-20(5-11,6-13)18(22)26/h8-9,11-14,16H,1-7,10H2,(H2,22,26)/t11?,12?,13-,14?,16-,20-/m0/s1. The van der Waals surface area contributed by atoms with E-state index in [0.717, 1.165) is 44.3 Å². The first-order valence-corrected chi connectivity index (χ1v) is 10.5. The molecule has 2 N–H and O–H groups in total. The number of likely N-dealkylation sites (tertiary alicyclic amines) is 1. The maximum Gasteiger partial charge on any atom is 0.410 e. The van der Waals surface area contributed by atoms with Crippen molar-refractivity contribution in [3.8, 4) is 0 Å². The number of hydrogen-bond acceptors (Lipinski definition) is 5. The second kappa shape index (κ2) is 6.58. The third kappa shape index (κ3) is 2.95. The molecule has 5 aliphatic rings. The van der Waals surface area contributed by atoms with Gasteiger partial charge in [0.2, 0.25) is 5.91 Å². The van der Waals surface area contributed by atoms with E-state index in [4.69, 9.17) is 22.1 Å². The van der Waals surface area contributed by atoms with Gasteiger partial charge in [-0.15, -0.1) is 0 Å². The van der Waals surface area contributed by atoms with Gasteiger partial charge in [-0.2, -0.15) is 0 Å². The number of halogens is 1. The number of carbonyl (C=O) groups is 2. The summed E-state index contributed by atoms with van der Waals surface area (Å²) in [4.78, 5) is 35.2. The molecule has 1 aromatic heterocycles. The monoisotopic (exact) mass is 404 g/mol. The number of primary amides is 1. The number of nitrogens with two attached hydrogens (primary N) is 1. The molecule has 0 radical (unpaired) electrons. The summed E-state index contributed by atoms with van der Waals surface area (Å²) in [5.41, 5.74) is 5.39. The first-order chi connectivity index (χ1) is 13.4. The largest absolute Gasteiger partial charge is 0.446 e. The Hall–Kier alpha value is -1.89. The average molecular weight is 405 g/mol. The summed E-state index contributed by atoms with van der Waals surface area (Å²) in [6.07, 6.45) is 8.23. The van der Waals surface area contributed by atoms with Crippen LogP contribution in [0, 0.1) is 23.2 Å². The van der Waals surface area contributed by atoms with E-state index in [0.29, 0.717) is 24.0 Å². The summed E-state index contributed by atoms with van der Waals surface area (Å²) in [5, 5.41) is 0.508. The highest BCUT2D eigenvalue weighted by Crippen LogP contribution is 2.60. The van der Waals surface area contributed by atoms with E-state index in [-0.39, 0.29) is 41.3 Å². The highest BCUT2D eigenvalue weighted by atomic mass is 35.5. The molecule has 4 saturated carbocycles. The van der Waals surface area contributed by atoms with Crippen molar-refractivity contribution in [1.29, 1.82) is 0 Å². The molecule has 0 spiro atoms. The van der Waals surface area contributed by atoms with Crippen molar-refractivity contribution >= 4 is 23.6 Å². The van der Waals surface area contributed by atoms with E-state index in [1.54, 1.807) is 17.3 Å². The first kappa shape index (κ1) is 18.2. The molecule has 2 heterocycles. The molecule has 5 fully saturated rings. The van der Waals surface area contributed by atoms with Crippen molar-refractivity contribution in [2.24, 2.45) is 28.9 Å². The summed E-state index contributed by atoms with van der Waals surface area (Å²) in [6, 6.07) is 0. The average Bonchev–Trinajstić information content (AvgIpc) is 3.15.